The van der Waals surface area contributed by atoms with Crippen molar-refractivity contribution in [1.82, 2.24) is 9.80 Å². The molecule has 0 spiro atoms. The summed E-state index contributed by atoms with van der Waals surface area (Å²) >= 11 is 0. The molecule has 8 heteroatoms. The molecule has 1 aliphatic heterocycles. The Balaban J connectivity index is 1.96. The Morgan fingerprint density at radius 3 is 2.63 bits per heavy atom. The van der Waals surface area contributed by atoms with Gasteiger partial charge in [0.1, 0.15) is 0 Å². The number of hydrogen-bond acceptors (Lipinski definition) is 3. The zero-order chi connectivity index (χ0) is 20.2. The third-order valence-electron chi connectivity index (χ3n) is 4.86. The first-order valence-electron chi connectivity index (χ1n) is 9.04. The van der Waals surface area contributed by atoms with Crippen LogP contribution in [-0.4, -0.2) is 54.3 Å². The van der Waals surface area contributed by atoms with Crippen molar-refractivity contribution in [2.24, 2.45) is 5.92 Å². The number of rotatable bonds is 5. The minimum atomic E-state index is -4.56. The third-order valence-corrected chi connectivity index (χ3v) is 4.86. The van der Waals surface area contributed by atoms with E-state index in [9.17, 15) is 22.8 Å². The van der Waals surface area contributed by atoms with Gasteiger partial charge in [-0.3, -0.25) is 14.5 Å². The highest BCUT2D eigenvalue weighted by atomic mass is 19.4. The molecule has 0 aromatic heterocycles. The van der Waals surface area contributed by atoms with Gasteiger partial charge < -0.3 is 10.2 Å². The van der Waals surface area contributed by atoms with Gasteiger partial charge in [-0.05, 0) is 44.4 Å². The molecule has 150 valence electrons. The van der Waals surface area contributed by atoms with Crippen molar-refractivity contribution < 1.29 is 22.8 Å². The van der Waals surface area contributed by atoms with Crippen molar-refractivity contribution in [3.05, 3.63) is 29.8 Å². The summed E-state index contributed by atoms with van der Waals surface area (Å²) in [5.41, 5.74) is -1.23. The largest absolute Gasteiger partial charge is 0.418 e. The van der Waals surface area contributed by atoms with E-state index in [0.29, 0.717) is 5.92 Å². The fourth-order valence-electron chi connectivity index (χ4n) is 3.38. The van der Waals surface area contributed by atoms with Gasteiger partial charge in [0.05, 0.1) is 23.8 Å². The van der Waals surface area contributed by atoms with Gasteiger partial charge in [0.2, 0.25) is 11.8 Å². The number of piperidine rings is 1. The number of likely N-dealkylation sites (tertiary alicyclic amines) is 1. The topological polar surface area (TPSA) is 52.7 Å². The molecule has 2 atom stereocenters. The number of para-hydroxylation sites is 1. The Hall–Kier alpha value is -2.09. The number of nitrogens with one attached hydrogen (secondary N) is 1. The van der Waals surface area contributed by atoms with Crippen LogP contribution in [0.5, 0.6) is 0 Å². The fourth-order valence-corrected chi connectivity index (χ4v) is 3.38. The van der Waals surface area contributed by atoms with E-state index in [1.54, 1.807) is 6.92 Å². The Kier molecular flexibility index (Phi) is 6.86. The number of likely N-dealkylation sites (N-methyl/N-ethyl adjacent to an activating group) is 1. The van der Waals surface area contributed by atoms with E-state index in [0.717, 1.165) is 32.0 Å². The summed E-state index contributed by atoms with van der Waals surface area (Å²) < 4.78 is 39.0. The quantitative estimate of drug-likeness (QED) is 0.847. The summed E-state index contributed by atoms with van der Waals surface area (Å²) in [5.74, 6) is -0.369. The van der Waals surface area contributed by atoms with Crippen LogP contribution in [0.3, 0.4) is 0 Å². The summed E-state index contributed by atoms with van der Waals surface area (Å²) in [4.78, 5) is 28.1. The standard InChI is InChI=1S/C19H26F3N3O2/c1-13-7-6-10-25(11-13)14(2)18(27)24(3)12-17(26)23-16-9-5-4-8-15(16)19(20,21)22/h4-5,8-9,13-14H,6-7,10-12H2,1-3H3,(H,23,26). The smallest absolute Gasteiger partial charge is 0.335 e. The van der Waals surface area contributed by atoms with Crippen molar-refractivity contribution in [2.45, 2.75) is 38.9 Å². The highest BCUT2D eigenvalue weighted by Gasteiger charge is 2.34. The van der Waals surface area contributed by atoms with E-state index in [4.69, 9.17) is 0 Å². The first-order chi connectivity index (χ1) is 12.6. The summed E-state index contributed by atoms with van der Waals surface area (Å²) in [7, 11) is 1.49. The molecular formula is C19H26F3N3O2. The Bertz CT molecular complexity index is 678. The summed E-state index contributed by atoms with van der Waals surface area (Å²) in [6, 6.07) is 4.41. The second-order valence-corrected chi connectivity index (χ2v) is 7.20. The average Bonchev–Trinajstić information content (AvgIpc) is 2.59. The van der Waals surface area contributed by atoms with Gasteiger partial charge in [0, 0.05) is 13.6 Å². The lowest BCUT2D eigenvalue weighted by atomic mass is 9.99. The number of carbonyl (C=O) groups is 2. The van der Waals surface area contributed by atoms with Crippen LogP contribution in [0.1, 0.15) is 32.3 Å². The molecule has 0 radical (unpaired) electrons. The molecule has 0 aliphatic carbocycles. The lowest BCUT2D eigenvalue weighted by molar-refractivity contribution is -0.139. The first kappa shape index (κ1) is 21.2. The van der Waals surface area contributed by atoms with Crippen molar-refractivity contribution in [3.8, 4) is 0 Å². The molecule has 0 saturated carbocycles. The van der Waals surface area contributed by atoms with Crippen LogP contribution < -0.4 is 5.32 Å². The number of amides is 2. The predicted octanol–water partition coefficient (Wildman–Crippen LogP) is 3.22. The van der Waals surface area contributed by atoms with E-state index in [2.05, 4.69) is 17.1 Å². The van der Waals surface area contributed by atoms with Crippen LogP contribution in [0, 0.1) is 5.92 Å². The average molecular weight is 385 g/mol. The molecule has 27 heavy (non-hydrogen) atoms. The molecule has 1 aliphatic rings. The fraction of sp³-hybridized carbons (Fsp3) is 0.579. The molecule has 1 aromatic carbocycles. The molecule has 2 rings (SSSR count). The van der Waals surface area contributed by atoms with Gasteiger partial charge >= 0.3 is 6.18 Å². The van der Waals surface area contributed by atoms with E-state index in [-0.39, 0.29) is 24.2 Å². The van der Waals surface area contributed by atoms with Gasteiger partial charge in [-0.1, -0.05) is 19.1 Å². The monoisotopic (exact) mass is 385 g/mol. The molecule has 1 saturated heterocycles. The second kappa shape index (κ2) is 8.73. The van der Waals surface area contributed by atoms with Crippen molar-refractivity contribution in [2.75, 3.05) is 32.0 Å². The van der Waals surface area contributed by atoms with Gasteiger partial charge in [-0.2, -0.15) is 13.2 Å². The minimum absolute atomic E-state index is 0.219. The second-order valence-electron chi connectivity index (χ2n) is 7.20. The highest BCUT2D eigenvalue weighted by molar-refractivity contribution is 5.95. The number of carbonyl (C=O) groups excluding carboxylic acids is 2. The zero-order valence-corrected chi connectivity index (χ0v) is 15.8. The number of halogens is 3. The molecule has 1 N–H and O–H groups in total. The third kappa shape index (κ3) is 5.69. The van der Waals surface area contributed by atoms with E-state index in [1.807, 2.05) is 0 Å². The van der Waals surface area contributed by atoms with Gasteiger partial charge in [0.25, 0.3) is 0 Å². The molecule has 1 aromatic rings. The Labute approximate surface area is 157 Å². The summed E-state index contributed by atoms with van der Waals surface area (Å²) in [6.45, 7) is 5.28. The molecule has 1 heterocycles. The van der Waals surface area contributed by atoms with Gasteiger partial charge in [0.15, 0.2) is 0 Å². The van der Waals surface area contributed by atoms with Crippen LogP contribution in [0.2, 0.25) is 0 Å². The Morgan fingerprint density at radius 1 is 1.33 bits per heavy atom. The van der Waals surface area contributed by atoms with Gasteiger partial charge in [-0.25, -0.2) is 0 Å². The SMILES string of the molecule is CC1CCCN(C(C)C(=O)N(C)CC(=O)Nc2ccccc2C(F)(F)F)C1. The number of benzene rings is 1. The van der Waals surface area contributed by atoms with Crippen LogP contribution in [0.4, 0.5) is 18.9 Å². The van der Waals surface area contributed by atoms with Crippen LogP contribution in [0.25, 0.3) is 0 Å². The Morgan fingerprint density at radius 2 is 2.00 bits per heavy atom. The van der Waals surface area contributed by atoms with Crippen LogP contribution in [-0.2, 0) is 15.8 Å². The number of alkyl halides is 3. The van der Waals surface area contributed by atoms with Crippen molar-refractivity contribution >= 4 is 17.5 Å². The molecule has 0 bridgehead atoms. The maximum Gasteiger partial charge on any atom is 0.418 e. The zero-order valence-electron chi connectivity index (χ0n) is 15.8. The van der Waals surface area contributed by atoms with Crippen molar-refractivity contribution in [1.29, 1.82) is 0 Å². The molecule has 2 amide bonds. The lowest BCUT2D eigenvalue weighted by Gasteiger charge is -2.36. The molecular weight excluding hydrogens is 359 g/mol. The summed E-state index contributed by atoms with van der Waals surface area (Å²) in [5, 5.41) is 2.26. The van der Waals surface area contributed by atoms with E-state index < -0.39 is 17.6 Å². The lowest BCUT2D eigenvalue weighted by Crippen LogP contribution is -2.50. The normalized spacial score (nSPS) is 19.4. The maximum absolute atomic E-state index is 13.0. The summed E-state index contributed by atoms with van der Waals surface area (Å²) in [6.07, 6.45) is -2.41. The number of nitrogens with zero attached hydrogens (tertiary/aromatic N) is 2. The van der Waals surface area contributed by atoms with Gasteiger partial charge in [-0.15, -0.1) is 0 Å². The highest BCUT2D eigenvalue weighted by Crippen LogP contribution is 2.34. The minimum Gasteiger partial charge on any atom is -0.335 e. The molecule has 1 fully saturated rings. The number of hydrogen-bond donors (Lipinski definition) is 1. The number of anilines is 1. The maximum atomic E-state index is 13.0. The van der Waals surface area contributed by atoms with Crippen LogP contribution in [0.15, 0.2) is 24.3 Å². The first-order valence-corrected chi connectivity index (χ1v) is 9.04. The van der Waals surface area contributed by atoms with Crippen molar-refractivity contribution in [3.63, 3.8) is 0 Å². The van der Waals surface area contributed by atoms with E-state index >= 15 is 0 Å². The van der Waals surface area contributed by atoms with Crippen LogP contribution >= 0.6 is 0 Å². The molecule has 5 nitrogen and oxygen atoms in total. The predicted molar refractivity (Wildman–Crippen MR) is 97.1 cm³/mol. The van der Waals surface area contributed by atoms with E-state index in [1.165, 1.54) is 30.1 Å². The molecule has 2 unspecified atom stereocenters.